The molecular weight excluding hydrogens is 256 g/mol. The molecule has 0 saturated heterocycles. The Kier molecular flexibility index (Phi) is 4.48. The zero-order valence-corrected chi connectivity index (χ0v) is 12.5. The van der Waals surface area contributed by atoms with Crippen molar-refractivity contribution in [1.82, 2.24) is 10.5 Å². The number of carbonyl (C=O) groups excluding carboxylic acids is 1. The first-order chi connectivity index (χ1) is 9.45. The molecule has 5 nitrogen and oxygen atoms in total. The van der Waals surface area contributed by atoms with Crippen LogP contribution < -0.4 is 5.32 Å². The highest BCUT2D eigenvalue weighted by atomic mass is 16.5. The molecule has 1 saturated carbocycles. The van der Waals surface area contributed by atoms with Gasteiger partial charge >= 0.3 is 0 Å². The molecular formula is C15H24N2O3. The topological polar surface area (TPSA) is 75.4 Å². The second-order valence-electron chi connectivity index (χ2n) is 6.02. The minimum absolute atomic E-state index is 0.202. The first-order valence-corrected chi connectivity index (χ1v) is 7.41. The van der Waals surface area contributed by atoms with E-state index in [9.17, 15) is 9.90 Å². The molecule has 0 spiro atoms. The first kappa shape index (κ1) is 15.0. The fourth-order valence-electron chi connectivity index (χ4n) is 3.08. The summed E-state index contributed by atoms with van der Waals surface area (Å²) in [7, 11) is 0. The maximum absolute atomic E-state index is 12.3. The molecule has 112 valence electrons. The Bertz CT molecular complexity index is 483. The predicted molar refractivity (Wildman–Crippen MR) is 75.5 cm³/mol. The standard InChI is InChI=1S/C15H24N2O3/c1-4-12-13(11(3)20-17-12)14(18)16-9-15(19)7-5-6-10(2)8-15/h10,19H,4-9H2,1-3H3,(H,16,18). The van der Waals surface area contributed by atoms with Crippen molar-refractivity contribution in [2.75, 3.05) is 6.54 Å². The molecule has 1 fully saturated rings. The van der Waals surface area contributed by atoms with Crippen molar-refractivity contribution >= 4 is 5.91 Å². The molecule has 20 heavy (non-hydrogen) atoms. The van der Waals surface area contributed by atoms with Gasteiger partial charge in [0, 0.05) is 6.54 Å². The summed E-state index contributed by atoms with van der Waals surface area (Å²) in [6, 6.07) is 0. The highest BCUT2D eigenvalue weighted by Gasteiger charge is 2.33. The van der Waals surface area contributed by atoms with Crippen molar-refractivity contribution in [2.45, 2.75) is 58.5 Å². The number of aromatic nitrogens is 1. The van der Waals surface area contributed by atoms with Crippen molar-refractivity contribution in [3.05, 3.63) is 17.0 Å². The van der Waals surface area contributed by atoms with E-state index < -0.39 is 5.60 Å². The normalized spacial score (nSPS) is 26.5. The van der Waals surface area contributed by atoms with Gasteiger partial charge in [-0.2, -0.15) is 0 Å². The summed E-state index contributed by atoms with van der Waals surface area (Å²) in [5, 5.41) is 17.3. The summed E-state index contributed by atoms with van der Waals surface area (Å²) in [5.74, 6) is 0.838. The third-order valence-electron chi connectivity index (χ3n) is 4.14. The Labute approximate surface area is 119 Å². The molecule has 5 heteroatoms. The van der Waals surface area contributed by atoms with E-state index in [1.54, 1.807) is 6.92 Å². The number of rotatable bonds is 4. The molecule has 0 radical (unpaired) electrons. The van der Waals surface area contributed by atoms with Crippen LogP contribution in [0.1, 0.15) is 61.3 Å². The second-order valence-corrected chi connectivity index (χ2v) is 6.02. The minimum Gasteiger partial charge on any atom is -0.388 e. The van der Waals surface area contributed by atoms with Crippen LogP contribution in [0, 0.1) is 12.8 Å². The van der Waals surface area contributed by atoms with E-state index in [1.165, 1.54) is 0 Å². The van der Waals surface area contributed by atoms with Crippen LogP contribution in [0.3, 0.4) is 0 Å². The molecule has 2 unspecified atom stereocenters. The lowest BCUT2D eigenvalue weighted by atomic mass is 9.79. The lowest BCUT2D eigenvalue weighted by Crippen LogP contribution is -2.46. The Morgan fingerprint density at radius 3 is 3.00 bits per heavy atom. The SMILES string of the molecule is CCc1noc(C)c1C(=O)NCC1(O)CCCC(C)C1. The predicted octanol–water partition coefficient (Wildman–Crippen LogP) is 2.22. The van der Waals surface area contributed by atoms with Gasteiger partial charge in [0.2, 0.25) is 0 Å². The fraction of sp³-hybridized carbons (Fsp3) is 0.733. The maximum atomic E-state index is 12.3. The molecule has 2 atom stereocenters. The molecule has 1 heterocycles. The van der Waals surface area contributed by atoms with Gasteiger partial charge in [-0.25, -0.2) is 0 Å². The highest BCUT2D eigenvalue weighted by Crippen LogP contribution is 2.31. The molecule has 0 aliphatic heterocycles. The number of aryl methyl sites for hydroxylation is 2. The van der Waals surface area contributed by atoms with Crippen LogP contribution in [-0.2, 0) is 6.42 Å². The number of hydrogen-bond acceptors (Lipinski definition) is 4. The summed E-state index contributed by atoms with van der Waals surface area (Å²) >= 11 is 0. The number of hydrogen-bond donors (Lipinski definition) is 2. The van der Waals surface area contributed by atoms with Gasteiger partial charge in [0.05, 0.1) is 11.3 Å². The Hall–Kier alpha value is -1.36. The van der Waals surface area contributed by atoms with E-state index in [2.05, 4.69) is 17.4 Å². The molecule has 1 aliphatic carbocycles. The molecule has 0 bridgehead atoms. The lowest BCUT2D eigenvalue weighted by molar-refractivity contribution is -0.0109. The first-order valence-electron chi connectivity index (χ1n) is 7.41. The highest BCUT2D eigenvalue weighted by molar-refractivity contribution is 5.96. The quantitative estimate of drug-likeness (QED) is 0.886. The van der Waals surface area contributed by atoms with E-state index in [0.29, 0.717) is 35.9 Å². The van der Waals surface area contributed by atoms with Crippen LogP contribution in [0.2, 0.25) is 0 Å². The summed E-state index contributed by atoms with van der Waals surface area (Å²) in [6.07, 6.45) is 4.32. The van der Waals surface area contributed by atoms with Crippen LogP contribution in [0.25, 0.3) is 0 Å². The van der Waals surface area contributed by atoms with E-state index in [-0.39, 0.29) is 5.91 Å². The Balaban J connectivity index is 2.00. The smallest absolute Gasteiger partial charge is 0.256 e. The number of carbonyl (C=O) groups is 1. The molecule has 1 aromatic rings. The zero-order chi connectivity index (χ0) is 14.8. The van der Waals surface area contributed by atoms with Crippen LogP contribution in [0.4, 0.5) is 0 Å². The van der Waals surface area contributed by atoms with Gasteiger partial charge in [-0.1, -0.05) is 31.8 Å². The molecule has 2 rings (SSSR count). The van der Waals surface area contributed by atoms with Crippen molar-refractivity contribution in [3.8, 4) is 0 Å². The average Bonchev–Trinajstić information content (AvgIpc) is 2.77. The van der Waals surface area contributed by atoms with Crippen molar-refractivity contribution in [1.29, 1.82) is 0 Å². The van der Waals surface area contributed by atoms with E-state index >= 15 is 0 Å². The molecule has 0 aromatic carbocycles. The third-order valence-corrected chi connectivity index (χ3v) is 4.14. The summed E-state index contributed by atoms with van der Waals surface area (Å²) in [6.45, 7) is 6.11. The van der Waals surface area contributed by atoms with Gasteiger partial charge in [-0.15, -0.1) is 0 Å². The molecule has 1 aromatic heterocycles. The summed E-state index contributed by atoms with van der Waals surface area (Å²) < 4.78 is 5.07. The van der Waals surface area contributed by atoms with Crippen LogP contribution in [-0.4, -0.2) is 28.3 Å². The van der Waals surface area contributed by atoms with E-state index in [0.717, 1.165) is 25.7 Å². The van der Waals surface area contributed by atoms with Crippen molar-refractivity contribution in [3.63, 3.8) is 0 Å². The number of amides is 1. The van der Waals surface area contributed by atoms with E-state index in [1.807, 2.05) is 6.92 Å². The van der Waals surface area contributed by atoms with Gasteiger partial charge in [0.25, 0.3) is 5.91 Å². The van der Waals surface area contributed by atoms with Gasteiger partial charge in [-0.05, 0) is 32.1 Å². The van der Waals surface area contributed by atoms with Crippen LogP contribution in [0.5, 0.6) is 0 Å². The Morgan fingerprint density at radius 2 is 2.35 bits per heavy atom. The van der Waals surface area contributed by atoms with Crippen molar-refractivity contribution < 1.29 is 14.4 Å². The van der Waals surface area contributed by atoms with Gasteiger partial charge in [0.1, 0.15) is 11.3 Å². The molecule has 2 N–H and O–H groups in total. The van der Waals surface area contributed by atoms with Gasteiger partial charge < -0.3 is 14.9 Å². The molecule has 1 aliphatic rings. The average molecular weight is 280 g/mol. The number of aliphatic hydroxyl groups is 1. The fourth-order valence-corrected chi connectivity index (χ4v) is 3.08. The summed E-state index contributed by atoms with van der Waals surface area (Å²) in [5.41, 5.74) is 0.411. The maximum Gasteiger partial charge on any atom is 0.256 e. The minimum atomic E-state index is -0.773. The zero-order valence-electron chi connectivity index (χ0n) is 12.5. The van der Waals surface area contributed by atoms with Crippen LogP contribution in [0.15, 0.2) is 4.52 Å². The largest absolute Gasteiger partial charge is 0.388 e. The second kappa shape index (κ2) is 5.95. The summed E-state index contributed by atoms with van der Waals surface area (Å²) in [4.78, 5) is 12.3. The monoisotopic (exact) mass is 280 g/mol. The van der Waals surface area contributed by atoms with Gasteiger partial charge in [0.15, 0.2) is 0 Å². The number of nitrogens with zero attached hydrogens (tertiary/aromatic N) is 1. The lowest BCUT2D eigenvalue weighted by Gasteiger charge is -2.35. The Morgan fingerprint density at radius 1 is 1.60 bits per heavy atom. The third kappa shape index (κ3) is 3.20. The van der Waals surface area contributed by atoms with E-state index in [4.69, 9.17) is 4.52 Å². The van der Waals surface area contributed by atoms with Crippen molar-refractivity contribution in [2.24, 2.45) is 5.92 Å². The number of nitrogens with one attached hydrogen (secondary N) is 1. The van der Waals surface area contributed by atoms with Crippen LogP contribution >= 0.6 is 0 Å². The molecule has 1 amide bonds. The van der Waals surface area contributed by atoms with Gasteiger partial charge in [-0.3, -0.25) is 4.79 Å².